The van der Waals surface area contributed by atoms with Gasteiger partial charge in [0, 0.05) is 5.56 Å². The summed E-state index contributed by atoms with van der Waals surface area (Å²) in [5.41, 5.74) is -1.13. The van der Waals surface area contributed by atoms with Crippen LogP contribution in [0.2, 0.25) is 5.02 Å². The summed E-state index contributed by atoms with van der Waals surface area (Å²) in [5, 5.41) is 33.4. The van der Waals surface area contributed by atoms with E-state index in [2.05, 4.69) is 0 Å². The van der Waals surface area contributed by atoms with Crippen LogP contribution in [0.25, 0.3) is 5.76 Å². The van der Waals surface area contributed by atoms with Crippen molar-refractivity contribution in [3.8, 4) is 5.75 Å². The van der Waals surface area contributed by atoms with E-state index in [-0.39, 0.29) is 27.7 Å². The number of carbonyl (C=O) groups is 1. The highest BCUT2D eigenvalue weighted by Gasteiger charge is 2.36. The Labute approximate surface area is 190 Å². The molecule has 0 bridgehead atoms. The minimum Gasteiger partial charge on any atom is -0.502 e. The molecule has 0 heterocycles. The van der Waals surface area contributed by atoms with Crippen LogP contribution in [0.15, 0.2) is 42.2 Å². The second-order valence-corrected chi connectivity index (χ2v) is 7.99. The number of rotatable bonds is 7. The average Bonchev–Trinajstić information content (AvgIpc) is 2.79. The maximum atomic E-state index is 13.3. The first kappa shape index (κ1) is 23.6. The zero-order valence-electron chi connectivity index (χ0n) is 17.8. The van der Waals surface area contributed by atoms with Crippen molar-refractivity contribution in [3.05, 3.63) is 74.0 Å². The van der Waals surface area contributed by atoms with E-state index in [1.807, 2.05) is 0 Å². The lowest BCUT2D eigenvalue weighted by Gasteiger charge is -2.33. The molecule has 1 aliphatic carbocycles. The Morgan fingerprint density at radius 1 is 1.09 bits per heavy atom. The van der Waals surface area contributed by atoms with E-state index in [1.165, 1.54) is 32.4 Å². The normalized spacial score (nSPS) is 16.1. The van der Waals surface area contributed by atoms with Crippen LogP contribution in [-0.2, 0) is 10.3 Å². The van der Waals surface area contributed by atoms with E-state index in [0.717, 1.165) is 19.3 Å². The molecule has 2 aromatic carbocycles. The van der Waals surface area contributed by atoms with Gasteiger partial charge in [-0.1, -0.05) is 55.1 Å². The number of hydrogen-bond acceptors (Lipinski definition) is 7. The fourth-order valence-electron chi connectivity index (χ4n) is 4.16. The molecular formula is C23H24ClNO7. The van der Waals surface area contributed by atoms with Gasteiger partial charge in [-0.2, -0.15) is 0 Å². The lowest BCUT2D eigenvalue weighted by Crippen LogP contribution is -2.30. The molecule has 9 heteroatoms. The third-order valence-electron chi connectivity index (χ3n) is 5.70. The molecule has 0 radical (unpaired) electrons. The Morgan fingerprint density at radius 3 is 2.34 bits per heavy atom. The van der Waals surface area contributed by atoms with Crippen LogP contribution in [0.1, 0.15) is 53.6 Å². The quantitative estimate of drug-likeness (QED) is 0.192. The molecular weight excluding hydrogens is 438 g/mol. The van der Waals surface area contributed by atoms with Gasteiger partial charge in [-0.05, 0) is 30.5 Å². The smallest absolute Gasteiger partial charge is 0.330 e. The van der Waals surface area contributed by atoms with E-state index < -0.39 is 27.8 Å². The Kier molecular flexibility index (Phi) is 7.06. The molecule has 1 saturated carbocycles. The second kappa shape index (κ2) is 9.58. The van der Waals surface area contributed by atoms with Gasteiger partial charge in [0.1, 0.15) is 5.02 Å². The highest BCUT2D eigenvalue weighted by Crippen LogP contribution is 2.42. The van der Waals surface area contributed by atoms with Crippen LogP contribution < -0.4 is 4.74 Å². The van der Waals surface area contributed by atoms with Gasteiger partial charge in [-0.15, -0.1) is 0 Å². The first-order valence-electron chi connectivity index (χ1n) is 10.1. The molecule has 0 aliphatic heterocycles. The van der Waals surface area contributed by atoms with Gasteiger partial charge in [-0.3, -0.25) is 14.9 Å². The molecule has 170 valence electrons. The topological polar surface area (TPSA) is 119 Å². The number of carbonyl (C=O) groups excluding carboxylic acids is 1. The second-order valence-electron chi connectivity index (χ2n) is 7.58. The average molecular weight is 462 g/mol. The van der Waals surface area contributed by atoms with E-state index in [1.54, 1.807) is 18.2 Å². The number of halogens is 1. The standard InChI is InChI=1S/C23H24ClNO7/c1-31-21-15(10-11-17(24)18(21)25(29)30)22(32-2)20(27)19(26)14-8-4-5-9-16(14)23(28)12-6-3-7-13-23/h4-5,8-11,27-28H,3,6-7,12-13H2,1-2H3/b22-20+. The summed E-state index contributed by atoms with van der Waals surface area (Å²) in [6, 6.07) is 9.17. The van der Waals surface area contributed by atoms with E-state index >= 15 is 0 Å². The van der Waals surface area contributed by atoms with Gasteiger partial charge < -0.3 is 19.7 Å². The maximum Gasteiger partial charge on any atom is 0.330 e. The zero-order chi connectivity index (χ0) is 23.5. The van der Waals surface area contributed by atoms with Crippen LogP contribution >= 0.6 is 11.6 Å². The summed E-state index contributed by atoms with van der Waals surface area (Å²) in [4.78, 5) is 24.1. The van der Waals surface area contributed by atoms with Crippen LogP contribution in [-0.4, -0.2) is 35.1 Å². The minimum absolute atomic E-state index is 0.00851. The van der Waals surface area contributed by atoms with Crippen molar-refractivity contribution in [1.82, 2.24) is 0 Å². The Bertz CT molecular complexity index is 1070. The van der Waals surface area contributed by atoms with Gasteiger partial charge in [0.15, 0.2) is 5.76 Å². The summed E-state index contributed by atoms with van der Waals surface area (Å²) in [5.74, 6) is -2.11. The maximum absolute atomic E-state index is 13.3. The Hall–Kier alpha value is -3.10. The van der Waals surface area contributed by atoms with Gasteiger partial charge >= 0.3 is 5.69 Å². The molecule has 8 nitrogen and oxygen atoms in total. The van der Waals surface area contributed by atoms with Gasteiger partial charge in [0.25, 0.3) is 0 Å². The Balaban J connectivity index is 2.15. The van der Waals surface area contributed by atoms with Crippen LogP contribution in [0.3, 0.4) is 0 Å². The molecule has 0 saturated heterocycles. The summed E-state index contributed by atoms with van der Waals surface area (Å²) in [7, 11) is 2.43. The molecule has 2 N–H and O–H groups in total. The van der Waals surface area contributed by atoms with Crippen molar-refractivity contribution in [2.24, 2.45) is 0 Å². The van der Waals surface area contributed by atoms with E-state index in [9.17, 15) is 25.1 Å². The van der Waals surface area contributed by atoms with Crippen molar-refractivity contribution in [1.29, 1.82) is 0 Å². The Morgan fingerprint density at radius 2 is 1.75 bits per heavy atom. The summed E-state index contributed by atoms with van der Waals surface area (Å²) >= 11 is 5.95. The summed E-state index contributed by atoms with van der Waals surface area (Å²) in [6.07, 6.45) is 3.68. The van der Waals surface area contributed by atoms with Crippen LogP contribution in [0, 0.1) is 10.1 Å². The number of aliphatic hydroxyl groups excluding tert-OH is 1. The van der Waals surface area contributed by atoms with Crippen molar-refractivity contribution in [2.45, 2.75) is 37.7 Å². The van der Waals surface area contributed by atoms with Gasteiger partial charge in [-0.25, -0.2) is 0 Å². The molecule has 1 fully saturated rings. The zero-order valence-corrected chi connectivity index (χ0v) is 18.5. The van der Waals surface area contributed by atoms with Crippen molar-refractivity contribution >= 4 is 28.8 Å². The number of aliphatic hydroxyl groups is 2. The molecule has 1 aliphatic rings. The number of benzene rings is 2. The number of nitro groups is 1. The first-order valence-corrected chi connectivity index (χ1v) is 10.5. The molecule has 0 spiro atoms. The van der Waals surface area contributed by atoms with E-state index in [4.69, 9.17) is 21.1 Å². The molecule has 0 amide bonds. The molecule has 2 aromatic rings. The van der Waals surface area contributed by atoms with Crippen LogP contribution in [0.4, 0.5) is 5.69 Å². The monoisotopic (exact) mass is 461 g/mol. The highest BCUT2D eigenvalue weighted by molar-refractivity contribution is 6.33. The van der Waals surface area contributed by atoms with Crippen LogP contribution in [0.5, 0.6) is 5.75 Å². The lowest BCUT2D eigenvalue weighted by molar-refractivity contribution is -0.385. The molecule has 3 rings (SSSR count). The SMILES string of the molecule is CO/C(=C(/O)C(=O)c1ccccc1C1(O)CCCCC1)c1ccc(Cl)c([N+](=O)[O-])c1OC. The van der Waals surface area contributed by atoms with Gasteiger partial charge in [0.2, 0.25) is 17.3 Å². The fourth-order valence-corrected chi connectivity index (χ4v) is 4.38. The summed E-state index contributed by atoms with van der Waals surface area (Å²) in [6.45, 7) is 0. The van der Waals surface area contributed by atoms with Crippen molar-refractivity contribution in [2.75, 3.05) is 14.2 Å². The number of Topliss-reactive ketones (excluding diaryl/α,β-unsaturated/α-hetero) is 1. The van der Waals surface area contributed by atoms with Crippen molar-refractivity contribution in [3.63, 3.8) is 0 Å². The first-order chi connectivity index (χ1) is 15.2. The van der Waals surface area contributed by atoms with Crippen molar-refractivity contribution < 1.29 is 29.4 Å². The largest absolute Gasteiger partial charge is 0.502 e. The number of hydrogen-bond donors (Lipinski definition) is 2. The van der Waals surface area contributed by atoms with E-state index in [0.29, 0.717) is 18.4 Å². The molecule has 0 unspecified atom stereocenters. The molecule has 0 atom stereocenters. The summed E-state index contributed by atoms with van der Waals surface area (Å²) < 4.78 is 10.4. The number of nitrogens with zero attached hydrogens (tertiary/aromatic N) is 1. The highest BCUT2D eigenvalue weighted by atomic mass is 35.5. The number of ketones is 1. The number of allylic oxidation sites excluding steroid dienone is 1. The van der Waals surface area contributed by atoms with Gasteiger partial charge in [0.05, 0.1) is 30.3 Å². The molecule has 0 aromatic heterocycles. The third kappa shape index (κ3) is 4.28. The lowest BCUT2D eigenvalue weighted by atomic mass is 9.77. The number of nitro benzene ring substituents is 1. The predicted octanol–water partition coefficient (Wildman–Crippen LogP) is 5.16. The third-order valence-corrected chi connectivity index (χ3v) is 6.01. The number of methoxy groups -OCH3 is 2. The number of ether oxygens (including phenoxy) is 2. The minimum atomic E-state index is -1.17. The fraction of sp³-hybridized carbons (Fsp3) is 0.348. The molecule has 32 heavy (non-hydrogen) atoms. The predicted molar refractivity (Wildman–Crippen MR) is 119 cm³/mol.